The molecular formula is C83H141FN32O20. The van der Waals surface area contributed by atoms with Gasteiger partial charge in [-0.2, -0.15) is 0 Å². The average Bonchev–Trinajstić information content (AvgIpc) is 0.833. The monoisotopic (exact) mass is 1930 g/mol. The van der Waals surface area contributed by atoms with Crippen molar-refractivity contribution < 1.29 is 101 Å². The molecule has 0 aliphatic carbocycles. The van der Waals surface area contributed by atoms with Gasteiger partial charge in [-0.3, -0.25) is 103 Å². The van der Waals surface area contributed by atoms with Crippen LogP contribution in [0.4, 0.5) is 4.39 Å². The summed E-state index contributed by atoms with van der Waals surface area (Å²) in [4.78, 5) is 246. The van der Waals surface area contributed by atoms with E-state index >= 15 is 0 Å². The summed E-state index contributed by atoms with van der Waals surface area (Å²) in [6.45, 7) is 2.36. The van der Waals surface area contributed by atoms with Gasteiger partial charge in [0.25, 0.3) is 0 Å². The van der Waals surface area contributed by atoms with Crippen molar-refractivity contribution in [1.29, 1.82) is 16.2 Å². The minimum absolute atomic E-state index is 0.00113. The molecule has 0 radical (unpaired) electrons. The van der Waals surface area contributed by atoms with Crippen molar-refractivity contribution in [1.82, 2.24) is 101 Å². The number of rotatable bonds is 69. The Morgan fingerprint density at radius 2 is 0.779 bits per heavy atom. The first-order chi connectivity index (χ1) is 64.2. The van der Waals surface area contributed by atoms with Gasteiger partial charge in [-0.15, -0.1) is 0 Å². The van der Waals surface area contributed by atoms with Gasteiger partial charge in [-0.25, -0.2) is 4.39 Å². The smallest absolute Gasteiger partial charge is 0.245 e. The Hall–Kier alpha value is -13.6. The van der Waals surface area contributed by atoms with E-state index in [9.17, 15) is 101 Å². The Kier molecular flexibility index (Phi) is 56.0. The molecule has 2 aromatic carbocycles. The van der Waals surface area contributed by atoms with Crippen molar-refractivity contribution >= 4 is 124 Å². The second-order valence-electron chi connectivity index (χ2n) is 32.7. The summed E-state index contributed by atoms with van der Waals surface area (Å²) < 4.78 is 14.0. The number of carbonyl (C=O) groups is 18. The maximum Gasteiger partial charge on any atom is 0.245 e. The van der Waals surface area contributed by atoms with Crippen molar-refractivity contribution in [3.63, 3.8) is 0 Å². The van der Waals surface area contributed by atoms with Gasteiger partial charge in [0.15, 0.2) is 17.9 Å². The highest BCUT2D eigenvalue weighted by molar-refractivity contribution is 6.01. The zero-order valence-corrected chi connectivity index (χ0v) is 77.1. The predicted octanol–water partition coefficient (Wildman–Crippen LogP) is -12.3. The summed E-state index contributed by atoms with van der Waals surface area (Å²) in [5.41, 5.74) is 55.5. The number of amides is 18. The number of hydrogen-bond acceptors (Lipinski definition) is 28. The summed E-state index contributed by atoms with van der Waals surface area (Å²) in [5.74, 6) is -20.2. The number of aliphatic hydroxyl groups excluding tert-OH is 2. The lowest BCUT2D eigenvalue weighted by atomic mass is 10.0. The maximum absolute atomic E-state index is 14.6. The fraction of sp³-hybridized carbons (Fsp3) is 0.602. The largest absolute Gasteiger partial charge is 0.394 e. The molecule has 0 fully saturated rings. The first-order valence-corrected chi connectivity index (χ1v) is 44.5. The van der Waals surface area contributed by atoms with Gasteiger partial charge < -0.3 is 169 Å². The SMILES string of the molecule is C[C@H](NC(=O)[C@H](CO)NC(=O)[C@H](CCCCN)NC(=O)[C@H](CCCNC(=N)N)NC(=O)C(C)(C)NC(=O)CNC(=O)[C@@H](NC(=O)[C@H](Cc1ccc(F)cc1)NC(=O)CNC(=O)CNC[C@@H](N)Cc1ccccc1)[C@@H](C)O)C(=O)N[C@@H](CCCNC(=N)N)C(=O)N[C@@H](CCCCN)C(=O)N[C@@H](CCCNC(=N)N)C(=O)N[C@@H](CCCCN)C(=O)N[C@@H](CC(N)=O)C(=O)N[C@@H](CCC(N)=O)C(N)=O. The molecule has 0 saturated heterocycles. The van der Waals surface area contributed by atoms with E-state index in [1.54, 1.807) is 0 Å². The molecule has 760 valence electrons. The van der Waals surface area contributed by atoms with E-state index in [4.69, 9.17) is 73.6 Å². The summed E-state index contributed by atoms with van der Waals surface area (Å²) >= 11 is 0. The van der Waals surface area contributed by atoms with Crippen LogP contribution in [0, 0.1) is 22.0 Å². The van der Waals surface area contributed by atoms with Gasteiger partial charge in [-0.1, -0.05) is 42.5 Å². The molecule has 0 aliphatic heterocycles. The van der Waals surface area contributed by atoms with Gasteiger partial charge >= 0.3 is 0 Å². The molecule has 0 heterocycles. The number of primary amides is 3. The van der Waals surface area contributed by atoms with Crippen LogP contribution in [0.5, 0.6) is 0 Å². The first kappa shape index (κ1) is 118. The Morgan fingerprint density at radius 1 is 0.390 bits per heavy atom. The van der Waals surface area contributed by atoms with E-state index in [-0.39, 0.29) is 155 Å². The van der Waals surface area contributed by atoms with Gasteiger partial charge in [-0.05, 0) is 180 Å². The van der Waals surface area contributed by atoms with Crippen molar-refractivity contribution in [2.24, 2.45) is 57.3 Å². The zero-order valence-electron chi connectivity index (χ0n) is 77.1. The van der Waals surface area contributed by atoms with Gasteiger partial charge in [0.1, 0.15) is 83.9 Å². The normalized spacial score (nSPS) is 14.1. The Bertz CT molecular complexity index is 4290. The quantitative estimate of drug-likeness (QED) is 0.0166. The fourth-order valence-corrected chi connectivity index (χ4v) is 13.1. The molecule has 2 aromatic rings. The van der Waals surface area contributed by atoms with Crippen LogP contribution in [0.15, 0.2) is 54.6 Å². The number of nitrogens with two attached hydrogens (primary N) is 10. The van der Waals surface area contributed by atoms with E-state index < -0.39 is 247 Å². The molecule has 18 amide bonds. The summed E-state index contributed by atoms with van der Waals surface area (Å²) in [6.07, 6.45) is -2.81. The summed E-state index contributed by atoms with van der Waals surface area (Å²) in [6, 6.07) is -5.50. The molecule has 0 spiro atoms. The second-order valence-corrected chi connectivity index (χ2v) is 32.7. The molecule has 0 saturated carbocycles. The standard InChI is InChI=1S/C83H141FN32O20/c1-45(68(125)107-55(22-14-34-99-80(92)93)70(127)108-52(19-8-11-31-85)69(126)111-56(23-15-35-100-81(94)95)71(128)109-53(20-9-12-32-86)72(129)112-59(39-62(90)120)75(132)106-51(67(91)124)29-30-61(89)119)104-77(134)60(44-117)113-73(130)54(21-10-13-33-87)110-74(131)57(24-16-36-101-82(96)97)114-79(136)83(3,4)116-65(123)43-103-78(135)66(46(2)118)115-76(133)58(38-48-25-27-49(84)28-26-48)105-64(122)42-102-63(121)41-98-40-50(88)37-47-17-6-5-7-18-47/h5-7,17-18,25-28,45-46,50-60,66,98,117-118H,8-16,19-24,29-44,85-88H2,1-4H3,(H2,89,119)(H2,90,120)(H2,91,124)(H,102,121)(H,103,135)(H,104,134)(H,105,122)(H,106,132)(H,107,125)(H,108,127)(H,109,128)(H,110,131)(H,111,126)(H,112,129)(H,113,130)(H,114,136)(H,115,133)(H,116,123)(H4,92,93,99)(H4,94,95,100)(H4,96,97,101)/t45-,46+,50-,51-,52-,53-,54-,55-,56-,57-,58-,59-,60-,66-/m0/s1. The number of halogens is 1. The lowest BCUT2D eigenvalue weighted by molar-refractivity contribution is -0.137. The molecular weight excluding hydrogens is 1780 g/mol. The number of hydrogen-bond donors (Lipinski definition) is 34. The van der Waals surface area contributed by atoms with Crippen molar-refractivity contribution in [2.45, 2.75) is 246 Å². The van der Waals surface area contributed by atoms with Crippen LogP contribution >= 0.6 is 0 Å². The maximum atomic E-state index is 14.6. The third kappa shape index (κ3) is 49.4. The highest BCUT2D eigenvalue weighted by Gasteiger charge is 2.39. The van der Waals surface area contributed by atoms with Crippen LogP contribution in [0.2, 0.25) is 0 Å². The van der Waals surface area contributed by atoms with Crippen LogP contribution in [-0.2, 0) is 99.1 Å². The van der Waals surface area contributed by atoms with E-state index in [1.165, 1.54) is 26.0 Å². The number of guanidine groups is 3. The summed E-state index contributed by atoms with van der Waals surface area (Å²) in [7, 11) is 0. The van der Waals surface area contributed by atoms with Gasteiger partial charge in [0.2, 0.25) is 106 Å². The molecule has 2 rings (SSSR count). The van der Waals surface area contributed by atoms with Gasteiger partial charge in [0, 0.05) is 45.1 Å². The van der Waals surface area contributed by atoms with Crippen LogP contribution in [0.25, 0.3) is 0 Å². The van der Waals surface area contributed by atoms with Crippen LogP contribution in [0.1, 0.15) is 154 Å². The third-order valence-corrected chi connectivity index (χ3v) is 20.5. The van der Waals surface area contributed by atoms with E-state index in [0.717, 1.165) is 31.5 Å². The topological polar surface area (TPSA) is 908 Å². The minimum Gasteiger partial charge on any atom is -0.394 e. The van der Waals surface area contributed by atoms with Crippen molar-refractivity contribution in [3.05, 3.63) is 71.5 Å². The zero-order chi connectivity index (χ0) is 102. The molecule has 0 bridgehead atoms. The number of benzene rings is 2. The molecule has 136 heavy (non-hydrogen) atoms. The number of nitrogens with one attached hydrogen (secondary N) is 22. The highest BCUT2D eigenvalue weighted by atomic mass is 19.1. The van der Waals surface area contributed by atoms with Gasteiger partial charge in [0.05, 0.1) is 38.8 Å². The average molecular weight is 1930 g/mol. The Balaban J connectivity index is 2.41. The number of aliphatic hydroxyl groups is 2. The molecule has 52 nitrogen and oxygen atoms in total. The minimum atomic E-state index is -1.94. The highest BCUT2D eigenvalue weighted by Crippen LogP contribution is 2.15. The Morgan fingerprint density at radius 3 is 1.20 bits per heavy atom. The first-order valence-electron chi connectivity index (χ1n) is 44.5. The van der Waals surface area contributed by atoms with E-state index in [1.807, 2.05) is 30.3 Å². The lowest BCUT2D eigenvalue weighted by Crippen LogP contribution is -2.62. The lowest BCUT2D eigenvalue weighted by Gasteiger charge is -2.29. The second kappa shape index (κ2) is 64.3. The van der Waals surface area contributed by atoms with E-state index in [0.29, 0.717) is 24.8 Å². The fourth-order valence-electron chi connectivity index (χ4n) is 13.1. The molecule has 44 N–H and O–H groups in total. The third-order valence-electron chi connectivity index (χ3n) is 20.5. The molecule has 53 heteroatoms. The molecule has 14 atom stereocenters. The predicted molar refractivity (Wildman–Crippen MR) is 495 cm³/mol. The Labute approximate surface area is 786 Å². The van der Waals surface area contributed by atoms with Crippen LogP contribution < -0.4 is 158 Å². The molecule has 0 unspecified atom stereocenters. The molecule has 0 aliphatic rings. The van der Waals surface area contributed by atoms with Crippen LogP contribution in [-0.4, -0.2) is 297 Å². The van der Waals surface area contributed by atoms with Crippen LogP contribution in [0.3, 0.4) is 0 Å². The number of unbranched alkanes of at least 4 members (excludes halogenated alkanes) is 3. The summed E-state index contributed by atoms with van der Waals surface area (Å²) in [5, 5.41) is 91.5. The van der Waals surface area contributed by atoms with E-state index in [2.05, 4.69) is 101 Å². The van der Waals surface area contributed by atoms with Crippen molar-refractivity contribution in [2.75, 3.05) is 72.1 Å². The van der Waals surface area contributed by atoms with Crippen molar-refractivity contribution in [3.8, 4) is 0 Å². The molecule has 0 aromatic heterocycles. The number of carbonyl (C=O) groups excluding carboxylic acids is 18.